The molecule has 3 N–H and O–H groups in total. The molecule has 0 spiro atoms. The van der Waals surface area contributed by atoms with Gasteiger partial charge in [0.2, 0.25) is 5.91 Å². The zero-order chi connectivity index (χ0) is 13.7. The van der Waals surface area contributed by atoms with Gasteiger partial charge >= 0.3 is 0 Å². The molecule has 102 valence electrons. The van der Waals surface area contributed by atoms with Crippen molar-refractivity contribution < 1.29 is 4.79 Å². The van der Waals surface area contributed by atoms with Gasteiger partial charge in [0.1, 0.15) is 0 Å². The maximum absolute atomic E-state index is 11.9. The fraction of sp³-hybridized carbons (Fsp3) is 0.429. The van der Waals surface area contributed by atoms with Crippen molar-refractivity contribution in [3.05, 3.63) is 30.3 Å². The lowest BCUT2D eigenvalue weighted by Gasteiger charge is -2.19. The molecule has 0 bridgehead atoms. The number of nitrogens with two attached hydrogens (primary N) is 1. The van der Waals surface area contributed by atoms with Crippen LogP contribution in [0.1, 0.15) is 19.3 Å². The lowest BCUT2D eigenvalue weighted by Crippen LogP contribution is -2.42. The van der Waals surface area contributed by atoms with Gasteiger partial charge in [0.05, 0.1) is 10.7 Å². The molecule has 1 amide bonds. The van der Waals surface area contributed by atoms with Crippen LogP contribution in [0.5, 0.6) is 0 Å². The Morgan fingerprint density at radius 3 is 2.79 bits per heavy atom. The monoisotopic (exact) mass is 294 g/mol. The maximum Gasteiger partial charge on any atom is 0.230 e. The number of hydrogen-bond donors (Lipinski definition) is 2. The molecule has 5 heteroatoms. The molecule has 0 aromatic heterocycles. The lowest BCUT2D eigenvalue weighted by atomic mass is 10.0. The number of carbonyl (C=O) groups is 1. The van der Waals surface area contributed by atoms with E-state index in [1.54, 1.807) is 11.8 Å². The molecular weight excluding hydrogens is 276 g/mol. The number of benzene rings is 1. The molecular formula is C14H18N2OS2. The second kappa shape index (κ2) is 6.91. The van der Waals surface area contributed by atoms with Gasteiger partial charge in [-0.05, 0) is 25.0 Å². The van der Waals surface area contributed by atoms with E-state index >= 15 is 0 Å². The number of thiocarbonyl (C=S) groups is 1. The Balaban J connectivity index is 1.80. The predicted molar refractivity (Wildman–Crippen MR) is 83.2 cm³/mol. The largest absolute Gasteiger partial charge is 0.393 e. The molecule has 2 atom stereocenters. The molecule has 1 fully saturated rings. The number of amides is 1. The summed E-state index contributed by atoms with van der Waals surface area (Å²) in [7, 11) is 0. The Hall–Kier alpha value is -1.07. The van der Waals surface area contributed by atoms with Crippen molar-refractivity contribution in [2.75, 3.05) is 5.75 Å². The summed E-state index contributed by atoms with van der Waals surface area (Å²) in [4.78, 5) is 13.6. The number of hydrogen-bond acceptors (Lipinski definition) is 3. The van der Waals surface area contributed by atoms with Crippen LogP contribution in [-0.2, 0) is 4.79 Å². The Labute approximate surface area is 123 Å². The van der Waals surface area contributed by atoms with E-state index in [9.17, 15) is 4.79 Å². The van der Waals surface area contributed by atoms with Crippen LogP contribution < -0.4 is 11.1 Å². The summed E-state index contributed by atoms with van der Waals surface area (Å²) in [6, 6.07) is 10.0. The van der Waals surface area contributed by atoms with E-state index in [-0.39, 0.29) is 17.9 Å². The highest BCUT2D eigenvalue weighted by molar-refractivity contribution is 8.00. The number of nitrogens with one attached hydrogen (secondary N) is 1. The highest BCUT2D eigenvalue weighted by Gasteiger charge is 2.30. The summed E-state index contributed by atoms with van der Waals surface area (Å²) in [5, 5.41) is 3.05. The van der Waals surface area contributed by atoms with Crippen LogP contribution in [0.4, 0.5) is 0 Å². The van der Waals surface area contributed by atoms with E-state index < -0.39 is 0 Å². The van der Waals surface area contributed by atoms with Crippen molar-refractivity contribution in [1.82, 2.24) is 5.32 Å². The van der Waals surface area contributed by atoms with Gasteiger partial charge < -0.3 is 11.1 Å². The quantitative estimate of drug-likeness (QED) is 0.646. The van der Waals surface area contributed by atoms with Crippen molar-refractivity contribution in [3.8, 4) is 0 Å². The first-order valence-electron chi connectivity index (χ1n) is 6.43. The topological polar surface area (TPSA) is 55.1 Å². The first kappa shape index (κ1) is 14.3. The summed E-state index contributed by atoms with van der Waals surface area (Å²) in [5.74, 6) is 0.660. The summed E-state index contributed by atoms with van der Waals surface area (Å²) in [5.41, 5.74) is 5.70. The fourth-order valence-corrected chi connectivity index (χ4v) is 3.40. The SMILES string of the molecule is NC(=S)C1CCCC1NC(=O)CSc1ccccc1. The van der Waals surface area contributed by atoms with Crippen LogP contribution in [0.2, 0.25) is 0 Å². The van der Waals surface area contributed by atoms with Gasteiger partial charge in [0.15, 0.2) is 0 Å². The van der Waals surface area contributed by atoms with Gasteiger partial charge in [0.25, 0.3) is 0 Å². The lowest BCUT2D eigenvalue weighted by molar-refractivity contribution is -0.119. The minimum absolute atomic E-state index is 0.0574. The van der Waals surface area contributed by atoms with Crippen molar-refractivity contribution in [2.24, 2.45) is 11.7 Å². The first-order valence-corrected chi connectivity index (χ1v) is 7.82. The second-order valence-corrected chi connectivity index (χ2v) is 6.24. The predicted octanol–water partition coefficient (Wildman–Crippen LogP) is 2.35. The standard InChI is InChI=1S/C14H18N2OS2/c15-14(18)11-7-4-8-12(11)16-13(17)9-19-10-5-2-1-3-6-10/h1-3,5-6,11-12H,4,7-9H2,(H2,15,18)(H,16,17). The average Bonchev–Trinajstić information content (AvgIpc) is 2.86. The highest BCUT2D eigenvalue weighted by Crippen LogP contribution is 2.26. The highest BCUT2D eigenvalue weighted by atomic mass is 32.2. The molecule has 2 unspecified atom stereocenters. The van der Waals surface area contributed by atoms with Crippen molar-refractivity contribution in [3.63, 3.8) is 0 Å². The minimum atomic E-state index is 0.0574. The zero-order valence-electron chi connectivity index (χ0n) is 10.7. The van der Waals surface area contributed by atoms with Crippen LogP contribution >= 0.6 is 24.0 Å². The van der Waals surface area contributed by atoms with E-state index in [4.69, 9.17) is 18.0 Å². The molecule has 0 radical (unpaired) electrons. The van der Waals surface area contributed by atoms with E-state index in [0.717, 1.165) is 24.2 Å². The van der Waals surface area contributed by atoms with Crippen LogP contribution in [0, 0.1) is 5.92 Å². The third-order valence-electron chi connectivity index (χ3n) is 3.34. The van der Waals surface area contributed by atoms with Crippen LogP contribution in [0.15, 0.2) is 35.2 Å². The van der Waals surface area contributed by atoms with Gasteiger partial charge in [-0.15, -0.1) is 11.8 Å². The number of carbonyl (C=O) groups excluding carboxylic acids is 1. The van der Waals surface area contributed by atoms with Gasteiger partial charge in [-0.2, -0.15) is 0 Å². The molecule has 1 aromatic carbocycles. The summed E-state index contributed by atoms with van der Waals surface area (Å²) < 4.78 is 0. The molecule has 1 aliphatic carbocycles. The van der Waals surface area contributed by atoms with Gasteiger partial charge in [-0.25, -0.2) is 0 Å². The molecule has 1 saturated carbocycles. The zero-order valence-corrected chi connectivity index (χ0v) is 12.3. The molecule has 0 aliphatic heterocycles. The molecule has 19 heavy (non-hydrogen) atoms. The third kappa shape index (κ3) is 4.21. The molecule has 1 aliphatic rings. The first-order chi connectivity index (χ1) is 9.16. The van der Waals surface area contributed by atoms with Crippen molar-refractivity contribution in [2.45, 2.75) is 30.2 Å². The molecule has 0 heterocycles. The second-order valence-electron chi connectivity index (χ2n) is 4.72. The van der Waals surface area contributed by atoms with E-state index in [0.29, 0.717) is 10.7 Å². The van der Waals surface area contributed by atoms with Crippen LogP contribution in [0.3, 0.4) is 0 Å². The van der Waals surface area contributed by atoms with Crippen LogP contribution in [0.25, 0.3) is 0 Å². The summed E-state index contributed by atoms with van der Waals surface area (Å²) >= 11 is 6.59. The molecule has 1 aromatic rings. The summed E-state index contributed by atoms with van der Waals surface area (Å²) in [6.45, 7) is 0. The Kier molecular flexibility index (Phi) is 5.22. The molecule has 2 rings (SSSR count). The maximum atomic E-state index is 11.9. The van der Waals surface area contributed by atoms with Crippen LogP contribution in [-0.4, -0.2) is 22.7 Å². The van der Waals surface area contributed by atoms with Crippen molar-refractivity contribution in [1.29, 1.82) is 0 Å². The molecule has 3 nitrogen and oxygen atoms in total. The smallest absolute Gasteiger partial charge is 0.230 e. The number of rotatable bonds is 5. The van der Waals surface area contributed by atoms with E-state index in [1.807, 2.05) is 30.3 Å². The normalized spacial score (nSPS) is 22.1. The minimum Gasteiger partial charge on any atom is -0.393 e. The van der Waals surface area contributed by atoms with E-state index in [1.165, 1.54) is 0 Å². The Morgan fingerprint density at radius 1 is 1.37 bits per heavy atom. The summed E-state index contributed by atoms with van der Waals surface area (Å²) in [6.07, 6.45) is 3.05. The third-order valence-corrected chi connectivity index (χ3v) is 4.66. The molecule has 0 saturated heterocycles. The van der Waals surface area contributed by atoms with Gasteiger partial charge in [-0.3, -0.25) is 4.79 Å². The van der Waals surface area contributed by atoms with Crippen molar-refractivity contribution >= 4 is 34.9 Å². The average molecular weight is 294 g/mol. The Morgan fingerprint density at radius 2 is 2.11 bits per heavy atom. The Bertz CT molecular complexity index is 450. The van der Waals surface area contributed by atoms with E-state index in [2.05, 4.69) is 5.32 Å². The van der Waals surface area contributed by atoms with Gasteiger partial charge in [-0.1, -0.05) is 36.8 Å². The van der Waals surface area contributed by atoms with Gasteiger partial charge in [0, 0.05) is 16.9 Å². The number of thioether (sulfide) groups is 1. The fourth-order valence-electron chi connectivity index (χ4n) is 2.39.